The number of nitrogens with two attached hydrogens (primary N) is 1. The molecule has 3 amide bonds. The van der Waals surface area contributed by atoms with E-state index in [4.69, 9.17) is 7.15 Å². The normalized spacial score (nSPS) is 17.1. The van der Waals surface area contributed by atoms with Gasteiger partial charge in [-0.05, 0) is 37.7 Å². The second-order valence-electron chi connectivity index (χ2n) is 10.6. The van der Waals surface area contributed by atoms with Crippen molar-refractivity contribution in [2.75, 3.05) is 31.5 Å². The van der Waals surface area contributed by atoms with E-state index in [1.54, 1.807) is 42.5 Å². The van der Waals surface area contributed by atoms with Gasteiger partial charge in [0.25, 0.3) is 0 Å². The number of fused-ring (bicyclic) bond motifs is 2. The lowest BCUT2D eigenvalue weighted by Crippen LogP contribution is -2.54. The summed E-state index contributed by atoms with van der Waals surface area (Å²) in [7, 11) is 0. The number of carbonyl (C=O) groups is 5. The Morgan fingerprint density at radius 3 is 2.42 bits per heavy atom. The van der Waals surface area contributed by atoms with Crippen molar-refractivity contribution < 1.29 is 25.4 Å². The minimum atomic E-state index is -0.998. The molecule has 0 spiro atoms. The van der Waals surface area contributed by atoms with Crippen molar-refractivity contribution in [3.8, 4) is 0 Å². The number of anilines is 1. The van der Waals surface area contributed by atoms with Crippen LogP contribution in [0.5, 0.6) is 0 Å². The Bertz CT molecular complexity index is 1350. The van der Waals surface area contributed by atoms with Crippen molar-refractivity contribution in [2.24, 2.45) is 11.7 Å². The second kappa shape index (κ2) is 12.9. The zero-order valence-corrected chi connectivity index (χ0v) is 22.9. The van der Waals surface area contributed by atoms with Crippen LogP contribution in [0, 0.1) is 5.92 Å². The first-order valence-electron chi connectivity index (χ1n) is 14.2. The largest absolute Gasteiger partial charge is 0.384 e. The topological polar surface area (TPSA) is 151 Å². The number of nitrogens with zero attached hydrogens (tertiary/aromatic N) is 1. The van der Waals surface area contributed by atoms with Crippen molar-refractivity contribution >= 4 is 35.0 Å². The molecule has 2 aromatic rings. The summed E-state index contributed by atoms with van der Waals surface area (Å²) in [6.45, 7) is 4.60. The summed E-state index contributed by atoms with van der Waals surface area (Å²) >= 11 is 0. The highest BCUT2D eigenvalue weighted by Crippen LogP contribution is 2.31. The van der Waals surface area contributed by atoms with Gasteiger partial charge in [0.1, 0.15) is 12.1 Å². The third-order valence-electron chi connectivity index (χ3n) is 7.21. The Balaban J connectivity index is 1.33. The predicted molar refractivity (Wildman–Crippen MR) is 151 cm³/mol. The first-order chi connectivity index (χ1) is 19.6. The molecule has 5 N–H and O–H groups in total. The minimum Gasteiger partial charge on any atom is -0.384 e. The summed E-state index contributed by atoms with van der Waals surface area (Å²) in [4.78, 5) is 66.0. The van der Waals surface area contributed by atoms with Crippen molar-refractivity contribution in [3.63, 3.8) is 0 Å². The van der Waals surface area contributed by atoms with Crippen molar-refractivity contribution in [3.05, 3.63) is 64.7 Å². The lowest BCUT2D eigenvalue weighted by atomic mass is 9.83. The lowest BCUT2D eigenvalue weighted by molar-refractivity contribution is -0.141. The molecule has 0 radical (unpaired) electrons. The van der Waals surface area contributed by atoms with Crippen LogP contribution < -0.4 is 21.7 Å². The molecule has 10 heteroatoms. The maximum atomic E-state index is 13.4. The molecule has 2 aliphatic rings. The van der Waals surface area contributed by atoms with E-state index in [2.05, 4.69) is 10.6 Å². The monoisotopic (exact) mass is 548 g/mol. The number of amides is 3. The van der Waals surface area contributed by atoms with Gasteiger partial charge in [-0.15, -0.1) is 0 Å². The summed E-state index contributed by atoms with van der Waals surface area (Å²) in [5.41, 5.74) is 7.50. The number of carbonyl (C=O) groups excluding carboxylic acids is 5. The van der Waals surface area contributed by atoms with E-state index >= 15 is 0 Å². The molecule has 0 unspecified atom stereocenters. The summed E-state index contributed by atoms with van der Waals surface area (Å²) in [5.74, 6) is -1.67. The van der Waals surface area contributed by atoms with Crippen LogP contribution in [0.2, 0.25) is 1.41 Å². The molecular weight excluding hydrogens is 510 g/mol. The van der Waals surface area contributed by atoms with E-state index in [1.165, 1.54) is 4.90 Å². The Hall–Kier alpha value is -4.05. The molecule has 2 aromatic carbocycles. The SMILES string of the molecule is [2H]N(C(=O)CN)[C@@H](CC(C)C)C(=O)N1CCC[C@H]1C(=O)NCCCNc1cccc2c1C(=O)c1ccccc1C2=O. The predicted octanol–water partition coefficient (Wildman–Crippen LogP) is 1.86. The van der Waals surface area contributed by atoms with Crippen LogP contribution in [0.1, 0.15) is 71.4 Å². The van der Waals surface area contributed by atoms with Gasteiger partial charge in [0, 0.05) is 42.0 Å². The van der Waals surface area contributed by atoms with E-state index in [-0.39, 0.29) is 29.9 Å². The van der Waals surface area contributed by atoms with Gasteiger partial charge in [0.05, 0.1) is 12.1 Å². The Morgan fingerprint density at radius 2 is 1.73 bits per heavy atom. The smallest absolute Gasteiger partial charge is 0.245 e. The standard InChI is InChI=1S/C30H37N5O5/c1-18(2)16-23(34-25(36)17-31)30(40)35-15-6-12-24(35)29(39)33-14-7-13-32-22-11-5-10-21-26(22)28(38)20-9-4-3-8-19(20)27(21)37/h3-5,8-11,18,23-24,32H,6-7,12-17,31H2,1-2H3,(H,33,39)(H,34,36)/t23-,24-/m0/s1/i/hD. The van der Waals surface area contributed by atoms with E-state index in [9.17, 15) is 24.0 Å². The van der Waals surface area contributed by atoms with Gasteiger partial charge >= 0.3 is 0 Å². The fraction of sp³-hybridized carbons (Fsp3) is 0.433. The van der Waals surface area contributed by atoms with E-state index in [0.717, 1.165) is 0 Å². The van der Waals surface area contributed by atoms with Gasteiger partial charge in [0.2, 0.25) is 17.7 Å². The van der Waals surface area contributed by atoms with Gasteiger partial charge < -0.3 is 26.6 Å². The van der Waals surface area contributed by atoms with Crippen molar-refractivity contribution in [2.45, 2.75) is 51.6 Å². The number of hydrogen-bond donors (Lipinski definition) is 4. The lowest BCUT2D eigenvalue weighted by Gasteiger charge is -2.29. The number of likely N-dealkylation sites (tertiary alicyclic amines) is 1. The summed E-state index contributed by atoms with van der Waals surface area (Å²) in [5, 5.41) is 6.77. The average molecular weight is 549 g/mol. The molecule has 212 valence electrons. The molecule has 0 bridgehead atoms. The highest BCUT2D eigenvalue weighted by atomic mass is 16.2. The first kappa shape index (κ1) is 27.5. The summed E-state index contributed by atoms with van der Waals surface area (Å²) < 4.78 is 8.15. The van der Waals surface area contributed by atoms with Crippen LogP contribution in [0.25, 0.3) is 0 Å². The highest BCUT2D eigenvalue weighted by Gasteiger charge is 2.37. The Morgan fingerprint density at radius 1 is 1.02 bits per heavy atom. The van der Waals surface area contributed by atoms with Gasteiger partial charge in [-0.3, -0.25) is 24.0 Å². The molecule has 1 aliphatic carbocycles. The van der Waals surface area contributed by atoms with Gasteiger partial charge in [-0.25, -0.2) is 0 Å². The molecule has 1 aliphatic heterocycles. The third-order valence-corrected chi connectivity index (χ3v) is 7.21. The van der Waals surface area contributed by atoms with E-state index < -0.39 is 23.9 Å². The molecule has 0 aromatic heterocycles. The van der Waals surface area contributed by atoms with Crippen LogP contribution in [-0.4, -0.2) is 72.5 Å². The molecule has 1 heterocycles. The van der Waals surface area contributed by atoms with Gasteiger partial charge in [-0.1, -0.05) is 50.2 Å². The van der Waals surface area contributed by atoms with Crippen molar-refractivity contribution in [1.82, 2.24) is 15.5 Å². The van der Waals surface area contributed by atoms with E-state index in [1.807, 2.05) is 13.8 Å². The molecule has 0 saturated carbocycles. The number of ketones is 2. The number of rotatable bonds is 11. The summed E-state index contributed by atoms with van der Waals surface area (Å²) in [6, 6.07) is 10.3. The zero-order chi connectivity index (χ0) is 29.7. The van der Waals surface area contributed by atoms with Crippen LogP contribution in [0.15, 0.2) is 42.5 Å². The van der Waals surface area contributed by atoms with E-state index in [0.29, 0.717) is 78.6 Å². The minimum absolute atomic E-state index is 0.0585. The third kappa shape index (κ3) is 6.22. The summed E-state index contributed by atoms with van der Waals surface area (Å²) in [6.07, 6.45) is 1.99. The fourth-order valence-corrected chi connectivity index (χ4v) is 5.31. The second-order valence-corrected chi connectivity index (χ2v) is 10.6. The van der Waals surface area contributed by atoms with Gasteiger partial charge in [0.15, 0.2) is 13.0 Å². The molecular formula is C30H37N5O5. The van der Waals surface area contributed by atoms with Crippen LogP contribution >= 0.6 is 0 Å². The Labute approximate surface area is 235 Å². The number of hydrogen-bond acceptors (Lipinski definition) is 7. The average Bonchev–Trinajstić information content (AvgIpc) is 3.47. The first-order valence-corrected chi connectivity index (χ1v) is 13.8. The van der Waals surface area contributed by atoms with Crippen molar-refractivity contribution in [1.29, 1.82) is 0 Å². The molecule has 1 saturated heterocycles. The molecule has 1 fully saturated rings. The maximum absolute atomic E-state index is 13.4. The Kier molecular flexibility index (Phi) is 8.85. The molecule has 10 nitrogen and oxygen atoms in total. The maximum Gasteiger partial charge on any atom is 0.245 e. The van der Waals surface area contributed by atoms with Gasteiger partial charge in [-0.2, -0.15) is 0 Å². The molecule has 4 rings (SSSR count). The molecule has 40 heavy (non-hydrogen) atoms. The number of benzene rings is 2. The molecule has 2 atom stereocenters. The number of nitrogens with one attached hydrogen (secondary N) is 3. The highest BCUT2D eigenvalue weighted by molar-refractivity contribution is 6.30. The zero-order valence-electron chi connectivity index (χ0n) is 23.9. The fourth-order valence-electron chi connectivity index (χ4n) is 5.31. The van der Waals surface area contributed by atoms with Crippen LogP contribution in [0.4, 0.5) is 5.69 Å². The van der Waals surface area contributed by atoms with Crippen LogP contribution in [0.3, 0.4) is 0 Å². The quantitative estimate of drug-likeness (QED) is 0.267. The van der Waals surface area contributed by atoms with Crippen LogP contribution in [-0.2, 0) is 14.4 Å².